The van der Waals surface area contributed by atoms with Crippen molar-refractivity contribution in [2.24, 2.45) is 0 Å². The molecule has 5 nitrogen and oxygen atoms in total. The van der Waals surface area contributed by atoms with Gasteiger partial charge in [0.05, 0.1) is 18.4 Å². The molecule has 1 aliphatic rings. The van der Waals surface area contributed by atoms with Gasteiger partial charge in [-0.15, -0.1) is 0 Å². The monoisotopic (exact) mass is 253 g/mol. The summed E-state index contributed by atoms with van der Waals surface area (Å²) in [6.45, 7) is 4.32. The van der Waals surface area contributed by atoms with Gasteiger partial charge in [0.15, 0.2) is 0 Å². The Kier molecular flexibility index (Phi) is 5.64. The maximum atomic E-state index is 5.63. The third-order valence-corrected chi connectivity index (χ3v) is 3.28. The summed E-state index contributed by atoms with van der Waals surface area (Å²) in [5.74, 6) is 0. The van der Waals surface area contributed by atoms with Crippen molar-refractivity contribution in [3.8, 4) is 0 Å². The molecular formula is C13H23N3O2. The van der Waals surface area contributed by atoms with Crippen molar-refractivity contribution in [3.05, 3.63) is 18.0 Å². The van der Waals surface area contributed by atoms with Crippen LogP contribution in [0.2, 0.25) is 0 Å². The normalized spacial score (nSPS) is 19.5. The van der Waals surface area contributed by atoms with E-state index in [9.17, 15) is 0 Å². The van der Waals surface area contributed by atoms with E-state index in [2.05, 4.69) is 21.2 Å². The Morgan fingerprint density at radius 3 is 3.33 bits per heavy atom. The summed E-state index contributed by atoms with van der Waals surface area (Å²) in [7, 11) is 1.72. The Hall–Kier alpha value is -0.910. The van der Waals surface area contributed by atoms with Gasteiger partial charge >= 0.3 is 0 Å². The zero-order chi connectivity index (χ0) is 12.6. The fourth-order valence-electron chi connectivity index (χ4n) is 2.24. The predicted molar refractivity (Wildman–Crippen MR) is 69.4 cm³/mol. The third kappa shape index (κ3) is 4.08. The van der Waals surface area contributed by atoms with E-state index in [0.29, 0.717) is 6.10 Å². The molecule has 18 heavy (non-hydrogen) atoms. The zero-order valence-corrected chi connectivity index (χ0v) is 11.1. The van der Waals surface area contributed by atoms with Crippen molar-refractivity contribution in [2.45, 2.75) is 38.5 Å². The number of aromatic nitrogens is 2. The van der Waals surface area contributed by atoms with Crippen molar-refractivity contribution in [1.82, 2.24) is 15.1 Å². The molecule has 2 rings (SSSR count). The number of nitrogens with zero attached hydrogens (tertiary/aromatic N) is 2. The summed E-state index contributed by atoms with van der Waals surface area (Å²) >= 11 is 0. The van der Waals surface area contributed by atoms with Crippen LogP contribution >= 0.6 is 0 Å². The molecule has 1 aromatic rings. The van der Waals surface area contributed by atoms with Gasteiger partial charge in [-0.25, -0.2) is 0 Å². The Morgan fingerprint density at radius 2 is 2.56 bits per heavy atom. The SMILES string of the molecule is COCCNCc1ccnn1CCC1CCCO1. The van der Waals surface area contributed by atoms with Crippen LogP contribution in [0.25, 0.3) is 0 Å². The van der Waals surface area contributed by atoms with Crippen LogP contribution in [0, 0.1) is 0 Å². The van der Waals surface area contributed by atoms with Gasteiger partial charge in [-0.2, -0.15) is 5.10 Å². The van der Waals surface area contributed by atoms with Gasteiger partial charge in [0.25, 0.3) is 0 Å². The second-order valence-electron chi connectivity index (χ2n) is 4.64. The lowest BCUT2D eigenvalue weighted by molar-refractivity contribution is 0.0991. The average Bonchev–Trinajstić information content (AvgIpc) is 3.03. The van der Waals surface area contributed by atoms with Crippen LogP contribution in [0.4, 0.5) is 0 Å². The number of nitrogens with one attached hydrogen (secondary N) is 1. The van der Waals surface area contributed by atoms with E-state index in [0.717, 1.165) is 39.3 Å². The minimum atomic E-state index is 0.434. The van der Waals surface area contributed by atoms with E-state index >= 15 is 0 Å². The molecule has 1 saturated heterocycles. The summed E-state index contributed by atoms with van der Waals surface area (Å²) in [6.07, 6.45) is 5.76. The standard InChI is InChI=1S/C13H23N3O2/c1-17-10-7-14-11-12-4-6-15-16(12)8-5-13-3-2-9-18-13/h4,6,13-14H,2-3,5,7-11H2,1H3. The third-order valence-electron chi connectivity index (χ3n) is 3.28. The summed E-state index contributed by atoms with van der Waals surface area (Å²) in [5, 5.41) is 7.71. The number of hydrogen-bond acceptors (Lipinski definition) is 4. The second kappa shape index (κ2) is 7.51. The maximum Gasteiger partial charge on any atom is 0.0593 e. The van der Waals surface area contributed by atoms with Gasteiger partial charge in [0.2, 0.25) is 0 Å². The van der Waals surface area contributed by atoms with E-state index in [1.807, 2.05) is 6.20 Å². The summed E-state index contributed by atoms with van der Waals surface area (Å²) in [4.78, 5) is 0. The Morgan fingerprint density at radius 1 is 1.61 bits per heavy atom. The van der Waals surface area contributed by atoms with E-state index in [1.165, 1.54) is 18.5 Å². The topological polar surface area (TPSA) is 48.3 Å². The van der Waals surface area contributed by atoms with Gasteiger partial charge in [0, 0.05) is 39.5 Å². The van der Waals surface area contributed by atoms with Crippen LogP contribution in [0.15, 0.2) is 12.3 Å². The van der Waals surface area contributed by atoms with Crippen molar-refractivity contribution in [2.75, 3.05) is 26.9 Å². The first-order valence-corrected chi connectivity index (χ1v) is 6.72. The molecule has 0 aromatic carbocycles. The molecule has 2 heterocycles. The molecule has 0 amide bonds. The lowest BCUT2D eigenvalue weighted by atomic mass is 10.2. The van der Waals surface area contributed by atoms with E-state index in [4.69, 9.17) is 9.47 Å². The fourth-order valence-corrected chi connectivity index (χ4v) is 2.24. The summed E-state index contributed by atoms with van der Waals surface area (Å²) < 4.78 is 12.7. The first-order chi connectivity index (χ1) is 8.90. The van der Waals surface area contributed by atoms with Gasteiger partial charge in [-0.3, -0.25) is 4.68 Å². The minimum absolute atomic E-state index is 0.434. The smallest absolute Gasteiger partial charge is 0.0593 e. The van der Waals surface area contributed by atoms with Gasteiger partial charge in [-0.1, -0.05) is 0 Å². The first-order valence-electron chi connectivity index (χ1n) is 6.72. The highest BCUT2D eigenvalue weighted by Gasteiger charge is 2.15. The number of methoxy groups -OCH3 is 1. The molecule has 0 saturated carbocycles. The molecule has 1 aromatic heterocycles. The van der Waals surface area contributed by atoms with Gasteiger partial charge < -0.3 is 14.8 Å². The van der Waals surface area contributed by atoms with Crippen LogP contribution in [0.3, 0.4) is 0 Å². The van der Waals surface area contributed by atoms with Gasteiger partial charge in [-0.05, 0) is 25.3 Å². The lowest BCUT2D eigenvalue weighted by Crippen LogP contribution is -2.21. The van der Waals surface area contributed by atoms with E-state index < -0.39 is 0 Å². The van der Waals surface area contributed by atoms with Crippen molar-refractivity contribution in [3.63, 3.8) is 0 Å². The molecule has 1 aliphatic heterocycles. The molecule has 0 aliphatic carbocycles. The molecule has 0 spiro atoms. The predicted octanol–water partition coefficient (Wildman–Crippen LogP) is 1.19. The number of ether oxygens (including phenoxy) is 2. The van der Waals surface area contributed by atoms with Crippen molar-refractivity contribution >= 4 is 0 Å². The highest BCUT2D eigenvalue weighted by atomic mass is 16.5. The van der Waals surface area contributed by atoms with Crippen LogP contribution < -0.4 is 5.32 Å². The Bertz CT molecular complexity index is 335. The van der Waals surface area contributed by atoms with Crippen molar-refractivity contribution in [1.29, 1.82) is 0 Å². The van der Waals surface area contributed by atoms with E-state index in [1.54, 1.807) is 7.11 Å². The fraction of sp³-hybridized carbons (Fsp3) is 0.769. The maximum absolute atomic E-state index is 5.63. The Labute approximate surface area is 108 Å². The van der Waals surface area contributed by atoms with Crippen LogP contribution in [-0.2, 0) is 22.6 Å². The number of rotatable bonds is 8. The zero-order valence-electron chi connectivity index (χ0n) is 11.1. The molecular weight excluding hydrogens is 230 g/mol. The molecule has 5 heteroatoms. The molecule has 102 valence electrons. The van der Waals surface area contributed by atoms with Crippen molar-refractivity contribution < 1.29 is 9.47 Å². The molecule has 1 N–H and O–H groups in total. The lowest BCUT2D eigenvalue weighted by Gasteiger charge is -2.12. The molecule has 0 radical (unpaired) electrons. The number of aryl methyl sites for hydroxylation is 1. The molecule has 1 unspecified atom stereocenters. The molecule has 1 atom stereocenters. The molecule has 1 fully saturated rings. The highest BCUT2D eigenvalue weighted by molar-refractivity contribution is 5.00. The largest absolute Gasteiger partial charge is 0.383 e. The summed E-state index contributed by atoms with van der Waals surface area (Å²) in [5.41, 5.74) is 1.23. The van der Waals surface area contributed by atoms with Gasteiger partial charge in [0.1, 0.15) is 0 Å². The van der Waals surface area contributed by atoms with Crippen LogP contribution in [0.1, 0.15) is 25.0 Å². The second-order valence-corrected chi connectivity index (χ2v) is 4.64. The average molecular weight is 253 g/mol. The number of hydrogen-bond donors (Lipinski definition) is 1. The van der Waals surface area contributed by atoms with E-state index in [-0.39, 0.29) is 0 Å². The van der Waals surface area contributed by atoms with Crippen LogP contribution in [-0.4, -0.2) is 42.8 Å². The quantitative estimate of drug-likeness (QED) is 0.707. The first kappa shape index (κ1) is 13.5. The summed E-state index contributed by atoms with van der Waals surface area (Å²) in [6, 6.07) is 2.06. The Balaban J connectivity index is 1.72. The molecule has 0 bridgehead atoms. The minimum Gasteiger partial charge on any atom is -0.383 e. The highest BCUT2D eigenvalue weighted by Crippen LogP contribution is 2.16. The van der Waals surface area contributed by atoms with Crippen LogP contribution in [0.5, 0.6) is 0 Å².